The lowest BCUT2D eigenvalue weighted by atomic mass is 10.1. The molecular weight excluding hydrogens is 345 g/mol. The summed E-state index contributed by atoms with van der Waals surface area (Å²) in [6.45, 7) is 0. The van der Waals surface area contributed by atoms with Crippen molar-refractivity contribution in [2.45, 2.75) is 4.90 Å². The van der Waals surface area contributed by atoms with E-state index in [0.717, 1.165) is 17.5 Å². The first-order valence-electron chi connectivity index (χ1n) is 7.29. The molecule has 0 heterocycles. The summed E-state index contributed by atoms with van der Waals surface area (Å²) in [6.07, 6.45) is 0. The molecule has 0 aliphatic carbocycles. The van der Waals surface area contributed by atoms with Crippen molar-refractivity contribution in [3.63, 3.8) is 0 Å². The Morgan fingerprint density at radius 2 is 1.60 bits per heavy atom. The molecule has 7 heteroatoms. The van der Waals surface area contributed by atoms with Crippen LogP contribution in [-0.4, -0.2) is 21.4 Å². The molecule has 0 radical (unpaired) electrons. The van der Waals surface area contributed by atoms with E-state index in [-0.39, 0.29) is 10.5 Å². The standard InChI is InChI=1S/C18H14FNO4S/c1-24-16-8-4-14-11-17(9-5-13(14)10-16)25(22,23)20-18(21)12-2-6-15(19)7-3-12/h2-11H,1H3,(H,20,21). The number of hydrogen-bond donors (Lipinski definition) is 1. The number of halogens is 1. The van der Waals surface area contributed by atoms with E-state index in [4.69, 9.17) is 4.74 Å². The Bertz CT molecular complexity index is 1050. The molecule has 0 aliphatic heterocycles. The van der Waals surface area contributed by atoms with Gasteiger partial charge in [0.15, 0.2) is 0 Å². The van der Waals surface area contributed by atoms with Gasteiger partial charge in [0.1, 0.15) is 11.6 Å². The molecule has 1 N–H and O–H groups in total. The molecule has 0 spiro atoms. The third-order valence-electron chi connectivity index (χ3n) is 3.66. The van der Waals surface area contributed by atoms with Gasteiger partial charge in [0.05, 0.1) is 12.0 Å². The van der Waals surface area contributed by atoms with Gasteiger partial charge in [-0.2, -0.15) is 0 Å². The average Bonchev–Trinajstić information content (AvgIpc) is 2.60. The van der Waals surface area contributed by atoms with Crippen molar-refractivity contribution in [2.75, 3.05) is 7.11 Å². The maximum atomic E-state index is 12.9. The van der Waals surface area contributed by atoms with Crippen LogP contribution in [0.4, 0.5) is 4.39 Å². The highest BCUT2D eigenvalue weighted by atomic mass is 32.2. The molecule has 25 heavy (non-hydrogen) atoms. The van der Waals surface area contributed by atoms with Crippen molar-refractivity contribution in [1.82, 2.24) is 4.72 Å². The Balaban J connectivity index is 1.90. The molecule has 0 aromatic heterocycles. The smallest absolute Gasteiger partial charge is 0.265 e. The van der Waals surface area contributed by atoms with Crippen molar-refractivity contribution in [2.24, 2.45) is 0 Å². The lowest BCUT2D eigenvalue weighted by Crippen LogP contribution is -2.30. The van der Waals surface area contributed by atoms with E-state index in [1.54, 1.807) is 31.4 Å². The fourth-order valence-electron chi connectivity index (χ4n) is 2.34. The van der Waals surface area contributed by atoms with Crippen LogP contribution in [-0.2, 0) is 10.0 Å². The molecule has 0 unspecified atom stereocenters. The first kappa shape index (κ1) is 16.9. The number of hydrogen-bond acceptors (Lipinski definition) is 4. The molecular formula is C18H14FNO4S. The number of fused-ring (bicyclic) bond motifs is 1. The number of carbonyl (C=O) groups is 1. The van der Waals surface area contributed by atoms with E-state index in [0.29, 0.717) is 11.1 Å². The van der Waals surface area contributed by atoms with Crippen molar-refractivity contribution < 1.29 is 22.3 Å². The van der Waals surface area contributed by atoms with Crippen LogP contribution in [0.1, 0.15) is 10.4 Å². The van der Waals surface area contributed by atoms with Gasteiger partial charge < -0.3 is 4.74 Å². The van der Waals surface area contributed by atoms with Crippen molar-refractivity contribution in [3.8, 4) is 5.75 Å². The maximum Gasteiger partial charge on any atom is 0.265 e. The number of nitrogens with one attached hydrogen (secondary N) is 1. The summed E-state index contributed by atoms with van der Waals surface area (Å²) < 4.78 is 44.8. The predicted molar refractivity (Wildman–Crippen MR) is 91.6 cm³/mol. The first-order valence-corrected chi connectivity index (χ1v) is 8.78. The number of methoxy groups -OCH3 is 1. The van der Waals surface area contributed by atoms with Gasteiger partial charge in [-0.1, -0.05) is 12.1 Å². The van der Waals surface area contributed by atoms with E-state index >= 15 is 0 Å². The molecule has 0 saturated carbocycles. The molecule has 0 atom stereocenters. The zero-order valence-electron chi connectivity index (χ0n) is 13.2. The van der Waals surface area contributed by atoms with Crippen LogP contribution in [0, 0.1) is 5.82 Å². The van der Waals surface area contributed by atoms with Crippen molar-refractivity contribution >= 4 is 26.7 Å². The van der Waals surface area contributed by atoms with Gasteiger partial charge in [0.25, 0.3) is 15.9 Å². The zero-order valence-corrected chi connectivity index (χ0v) is 14.0. The number of sulfonamides is 1. The summed E-state index contributed by atoms with van der Waals surface area (Å²) in [7, 11) is -2.50. The Hall–Kier alpha value is -2.93. The van der Waals surface area contributed by atoms with Crippen LogP contribution >= 0.6 is 0 Å². The summed E-state index contributed by atoms with van der Waals surface area (Å²) in [5, 5.41) is 1.50. The largest absolute Gasteiger partial charge is 0.497 e. The van der Waals surface area contributed by atoms with Crippen molar-refractivity contribution in [1.29, 1.82) is 0 Å². The Morgan fingerprint density at radius 1 is 0.960 bits per heavy atom. The topological polar surface area (TPSA) is 72.5 Å². The van der Waals surface area contributed by atoms with Gasteiger partial charge in [0.2, 0.25) is 0 Å². The molecule has 3 rings (SSSR count). The van der Waals surface area contributed by atoms with Gasteiger partial charge in [0, 0.05) is 5.56 Å². The SMILES string of the molecule is COc1ccc2cc(S(=O)(=O)NC(=O)c3ccc(F)cc3)ccc2c1. The maximum absolute atomic E-state index is 12.9. The highest BCUT2D eigenvalue weighted by molar-refractivity contribution is 7.90. The second-order valence-corrected chi connectivity index (χ2v) is 7.00. The number of benzene rings is 3. The number of amides is 1. The fourth-order valence-corrected chi connectivity index (χ4v) is 3.35. The van der Waals surface area contributed by atoms with Crippen LogP contribution in [0.3, 0.4) is 0 Å². The molecule has 0 aliphatic rings. The second kappa shape index (κ2) is 6.52. The van der Waals surface area contributed by atoms with Crippen LogP contribution < -0.4 is 9.46 Å². The van der Waals surface area contributed by atoms with Crippen LogP contribution in [0.25, 0.3) is 10.8 Å². The van der Waals surface area contributed by atoms with Gasteiger partial charge in [-0.3, -0.25) is 4.79 Å². The number of carbonyl (C=O) groups excluding carboxylic acids is 1. The summed E-state index contributed by atoms with van der Waals surface area (Å²) in [6, 6.07) is 14.3. The molecule has 3 aromatic rings. The van der Waals surface area contributed by atoms with E-state index in [1.807, 2.05) is 4.72 Å². The Labute approximate surface area is 144 Å². The molecule has 3 aromatic carbocycles. The normalized spacial score (nSPS) is 11.3. The molecule has 5 nitrogen and oxygen atoms in total. The van der Waals surface area contributed by atoms with E-state index in [1.165, 1.54) is 24.3 Å². The van der Waals surface area contributed by atoms with Gasteiger partial charge in [-0.15, -0.1) is 0 Å². The number of ether oxygens (including phenoxy) is 1. The minimum atomic E-state index is -4.05. The summed E-state index contributed by atoms with van der Waals surface area (Å²) in [4.78, 5) is 12.0. The molecule has 1 amide bonds. The quantitative estimate of drug-likeness (QED) is 0.777. The summed E-state index contributed by atoms with van der Waals surface area (Å²) >= 11 is 0. The highest BCUT2D eigenvalue weighted by Crippen LogP contribution is 2.23. The lowest BCUT2D eigenvalue weighted by molar-refractivity contribution is 0.0981. The molecule has 0 saturated heterocycles. The fraction of sp³-hybridized carbons (Fsp3) is 0.0556. The summed E-state index contributed by atoms with van der Waals surface area (Å²) in [5.41, 5.74) is 0.0514. The minimum Gasteiger partial charge on any atom is -0.497 e. The van der Waals surface area contributed by atoms with Crippen LogP contribution in [0.15, 0.2) is 65.6 Å². The second-order valence-electron chi connectivity index (χ2n) is 5.32. The zero-order chi connectivity index (χ0) is 18.0. The molecule has 128 valence electrons. The third kappa shape index (κ3) is 3.61. The van der Waals surface area contributed by atoms with Crippen molar-refractivity contribution in [3.05, 3.63) is 72.0 Å². The van der Waals surface area contributed by atoms with Crippen LogP contribution in [0.2, 0.25) is 0 Å². The third-order valence-corrected chi connectivity index (χ3v) is 4.99. The first-order chi connectivity index (χ1) is 11.9. The predicted octanol–water partition coefficient (Wildman–Crippen LogP) is 3.11. The lowest BCUT2D eigenvalue weighted by Gasteiger charge is -2.09. The average molecular weight is 359 g/mol. The summed E-state index contributed by atoms with van der Waals surface area (Å²) in [5.74, 6) is -0.674. The Kier molecular flexibility index (Phi) is 4.41. The minimum absolute atomic E-state index is 0.0411. The van der Waals surface area contributed by atoms with E-state index in [9.17, 15) is 17.6 Å². The molecule has 0 fully saturated rings. The Morgan fingerprint density at radius 3 is 2.28 bits per heavy atom. The van der Waals surface area contributed by atoms with E-state index in [2.05, 4.69) is 0 Å². The van der Waals surface area contributed by atoms with E-state index < -0.39 is 21.7 Å². The van der Waals surface area contributed by atoms with Crippen LogP contribution in [0.5, 0.6) is 5.75 Å². The number of rotatable bonds is 4. The van der Waals surface area contributed by atoms with Gasteiger partial charge >= 0.3 is 0 Å². The van der Waals surface area contributed by atoms with Gasteiger partial charge in [-0.05, 0) is 59.3 Å². The monoisotopic (exact) mass is 359 g/mol. The molecule has 0 bridgehead atoms. The highest BCUT2D eigenvalue weighted by Gasteiger charge is 2.19. The van der Waals surface area contributed by atoms with Gasteiger partial charge in [-0.25, -0.2) is 17.5 Å².